The lowest BCUT2D eigenvalue weighted by Crippen LogP contribution is -2.07. The van der Waals surface area contributed by atoms with Crippen molar-refractivity contribution >= 4 is 23.2 Å². The predicted molar refractivity (Wildman–Crippen MR) is 78.9 cm³/mol. The zero-order valence-corrected chi connectivity index (χ0v) is 11.9. The van der Waals surface area contributed by atoms with Crippen molar-refractivity contribution in [1.29, 1.82) is 5.26 Å². The Balaban J connectivity index is 2.04. The van der Waals surface area contributed by atoms with Gasteiger partial charge in [-0.25, -0.2) is 9.07 Å². The Morgan fingerprint density at radius 2 is 2.29 bits per heavy atom. The van der Waals surface area contributed by atoms with Gasteiger partial charge in [-0.1, -0.05) is 17.7 Å². The summed E-state index contributed by atoms with van der Waals surface area (Å²) in [6.07, 6.45) is 2.34. The molecule has 0 unspecified atom stereocenters. The number of halogens is 2. The van der Waals surface area contributed by atoms with Crippen LogP contribution in [0.4, 0.5) is 16.0 Å². The summed E-state index contributed by atoms with van der Waals surface area (Å²) in [4.78, 5) is 0. The lowest BCUT2D eigenvalue weighted by atomic mass is 10.3. The van der Waals surface area contributed by atoms with Crippen molar-refractivity contribution in [3.63, 3.8) is 0 Å². The van der Waals surface area contributed by atoms with E-state index in [4.69, 9.17) is 17.3 Å². The first kappa shape index (κ1) is 13.7. The van der Waals surface area contributed by atoms with Gasteiger partial charge in [0.25, 0.3) is 0 Å². The number of hydrogen-bond donors (Lipinski definition) is 2. The molecule has 1 heterocycles. The number of hydrogen-bond acceptors (Lipinski definition) is 4. The van der Waals surface area contributed by atoms with Gasteiger partial charge >= 0.3 is 0 Å². The van der Waals surface area contributed by atoms with Crippen LogP contribution in [0.15, 0.2) is 18.2 Å². The largest absolute Gasteiger partial charge is 0.382 e. The van der Waals surface area contributed by atoms with Gasteiger partial charge in [-0.05, 0) is 30.9 Å². The minimum Gasteiger partial charge on any atom is -0.382 e. The van der Waals surface area contributed by atoms with E-state index in [1.807, 2.05) is 6.07 Å². The molecule has 1 aliphatic carbocycles. The maximum Gasteiger partial charge on any atom is 0.168 e. The van der Waals surface area contributed by atoms with Gasteiger partial charge in [-0.3, -0.25) is 0 Å². The lowest BCUT2D eigenvalue weighted by molar-refractivity contribution is 0.612. The molecule has 7 heteroatoms. The number of nitrogens with two attached hydrogens (primary N) is 1. The Morgan fingerprint density at radius 1 is 1.52 bits per heavy atom. The van der Waals surface area contributed by atoms with Crippen LogP contribution >= 0.6 is 11.6 Å². The maximum atomic E-state index is 14.0. The van der Waals surface area contributed by atoms with Gasteiger partial charge in [-0.2, -0.15) is 5.26 Å². The molecule has 3 N–H and O–H groups in total. The monoisotopic (exact) mass is 305 g/mol. The van der Waals surface area contributed by atoms with Gasteiger partial charge in [0.2, 0.25) is 0 Å². The zero-order valence-electron chi connectivity index (χ0n) is 11.1. The standard InChI is InChI=1S/C14H13ClFN5/c15-10-2-1-3-11(16)12(10)21-13(18)9(6-17)14(20-21)19-7-8-4-5-8/h1-3,8H,4-5,7,18H2,(H,19,20). The summed E-state index contributed by atoms with van der Waals surface area (Å²) in [5, 5.41) is 16.7. The second-order valence-electron chi connectivity index (χ2n) is 5.03. The van der Waals surface area contributed by atoms with E-state index in [0.717, 1.165) is 6.54 Å². The molecular weight excluding hydrogens is 293 g/mol. The molecule has 1 aliphatic rings. The third-order valence-corrected chi connectivity index (χ3v) is 3.74. The highest BCUT2D eigenvalue weighted by atomic mass is 35.5. The SMILES string of the molecule is N#Cc1c(NCC2CC2)nn(-c2c(F)cccc2Cl)c1N. The fourth-order valence-electron chi connectivity index (χ4n) is 2.09. The summed E-state index contributed by atoms with van der Waals surface area (Å²) >= 11 is 6.02. The number of nitrogens with one attached hydrogen (secondary N) is 1. The van der Waals surface area contributed by atoms with E-state index in [-0.39, 0.29) is 22.1 Å². The number of rotatable bonds is 4. The van der Waals surface area contributed by atoms with Crippen molar-refractivity contribution in [1.82, 2.24) is 9.78 Å². The Bertz CT molecular complexity index is 709. The van der Waals surface area contributed by atoms with Crippen LogP contribution < -0.4 is 11.1 Å². The highest BCUT2D eigenvalue weighted by Crippen LogP contribution is 2.32. The van der Waals surface area contributed by atoms with Crippen molar-refractivity contribution in [2.45, 2.75) is 12.8 Å². The van der Waals surface area contributed by atoms with Crippen molar-refractivity contribution in [2.75, 3.05) is 17.6 Å². The molecule has 1 fully saturated rings. The Kier molecular flexibility index (Phi) is 3.43. The zero-order chi connectivity index (χ0) is 15.0. The predicted octanol–water partition coefficient (Wildman–Crippen LogP) is 2.94. The van der Waals surface area contributed by atoms with Gasteiger partial charge in [0.1, 0.15) is 29.0 Å². The molecule has 1 aromatic carbocycles. The summed E-state index contributed by atoms with van der Waals surface area (Å²) < 4.78 is 15.2. The average molecular weight is 306 g/mol. The van der Waals surface area contributed by atoms with E-state index in [1.54, 1.807) is 6.07 Å². The molecule has 0 atom stereocenters. The molecule has 5 nitrogen and oxygen atoms in total. The van der Waals surface area contributed by atoms with E-state index in [9.17, 15) is 9.65 Å². The average Bonchev–Trinajstić information content (AvgIpc) is 3.22. The number of nitrogen functional groups attached to an aromatic ring is 1. The molecule has 0 bridgehead atoms. The molecule has 108 valence electrons. The normalized spacial score (nSPS) is 14.0. The Morgan fingerprint density at radius 3 is 2.90 bits per heavy atom. The van der Waals surface area contributed by atoms with Crippen LogP contribution in [0, 0.1) is 23.1 Å². The topological polar surface area (TPSA) is 79.7 Å². The van der Waals surface area contributed by atoms with E-state index in [2.05, 4.69) is 10.4 Å². The third kappa shape index (κ3) is 2.52. The number of para-hydroxylation sites is 1. The first-order chi connectivity index (χ1) is 10.1. The van der Waals surface area contributed by atoms with Gasteiger partial charge in [0.05, 0.1) is 5.02 Å². The molecular formula is C14H13ClFN5. The van der Waals surface area contributed by atoms with Gasteiger partial charge in [0, 0.05) is 6.54 Å². The molecule has 21 heavy (non-hydrogen) atoms. The second kappa shape index (κ2) is 5.26. The second-order valence-corrected chi connectivity index (χ2v) is 5.43. The molecule has 0 spiro atoms. The summed E-state index contributed by atoms with van der Waals surface area (Å²) in [5.74, 6) is 0.499. The number of nitriles is 1. The van der Waals surface area contributed by atoms with Gasteiger partial charge in [0.15, 0.2) is 5.82 Å². The maximum absolute atomic E-state index is 14.0. The fraction of sp³-hybridized carbons (Fsp3) is 0.286. The number of benzene rings is 1. The van der Waals surface area contributed by atoms with Gasteiger partial charge < -0.3 is 11.1 Å². The summed E-state index contributed by atoms with van der Waals surface area (Å²) in [6.45, 7) is 0.732. The summed E-state index contributed by atoms with van der Waals surface area (Å²) in [7, 11) is 0. The highest BCUT2D eigenvalue weighted by Gasteiger charge is 2.24. The van der Waals surface area contributed by atoms with Crippen LogP contribution in [0.1, 0.15) is 18.4 Å². The summed E-state index contributed by atoms with van der Waals surface area (Å²) in [5.41, 5.74) is 6.17. The van der Waals surface area contributed by atoms with Crippen LogP contribution in [0.5, 0.6) is 0 Å². The van der Waals surface area contributed by atoms with E-state index < -0.39 is 5.82 Å². The molecule has 0 radical (unpaired) electrons. The first-order valence-corrected chi connectivity index (χ1v) is 6.96. The fourth-order valence-corrected chi connectivity index (χ4v) is 2.33. The lowest BCUT2D eigenvalue weighted by Gasteiger charge is -2.07. The van der Waals surface area contributed by atoms with Crippen LogP contribution in [0.25, 0.3) is 5.69 Å². The first-order valence-electron chi connectivity index (χ1n) is 6.58. The number of anilines is 2. The van der Waals surface area contributed by atoms with Gasteiger partial charge in [-0.15, -0.1) is 5.10 Å². The van der Waals surface area contributed by atoms with Crippen molar-refractivity contribution < 1.29 is 4.39 Å². The van der Waals surface area contributed by atoms with E-state index in [0.29, 0.717) is 11.7 Å². The highest BCUT2D eigenvalue weighted by molar-refractivity contribution is 6.32. The van der Waals surface area contributed by atoms with Crippen LogP contribution in [-0.4, -0.2) is 16.3 Å². The molecule has 2 aromatic rings. The number of aromatic nitrogens is 2. The molecule has 3 rings (SSSR count). The third-order valence-electron chi connectivity index (χ3n) is 3.44. The minimum atomic E-state index is -0.546. The van der Waals surface area contributed by atoms with Crippen molar-refractivity contribution in [3.8, 4) is 11.8 Å². The smallest absolute Gasteiger partial charge is 0.168 e. The number of nitrogens with zero attached hydrogens (tertiary/aromatic N) is 3. The molecule has 0 aliphatic heterocycles. The molecule has 0 amide bonds. The Hall–Kier alpha value is -2.26. The molecule has 1 saturated carbocycles. The van der Waals surface area contributed by atoms with Crippen LogP contribution in [-0.2, 0) is 0 Å². The summed E-state index contributed by atoms with van der Waals surface area (Å²) in [6, 6.07) is 6.31. The minimum absolute atomic E-state index is 0.0487. The van der Waals surface area contributed by atoms with E-state index >= 15 is 0 Å². The molecule has 0 saturated heterocycles. The quantitative estimate of drug-likeness (QED) is 0.910. The van der Waals surface area contributed by atoms with Crippen LogP contribution in [0.3, 0.4) is 0 Å². The van der Waals surface area contributed by atoms with Crippen molar-refractivity contribution in [3.05, 3.63) is 34.6 Å². The molecule has 1 aromatic heterocycles. The van der Waals surface area contributed by atoms with E-state index in [1.165, 1.54) is 29.7 Å². The Labute approximate surface area is 126 Å². The van der Waals surface area contributed by atoms with Crippen LogP contribution in [0.2, 0.25) is 5.02 Å². The van der Waals surface area contributed by atoms with Crippen molar-refractivity contribution in [2.24, 2.45) is 5.92 Å².